The van der Waals surface area contributed by atoms with Crippen molar-refractivity contribution in [2.75, 3.05) is 5.32 Å². The normalized spacial score (nSPS) is 12.0. The molecule has 0 aliphatic heterocycles. The number of carboxylic acids is 1. The third-order valence-electron chi connectivity index (χ3n) is 3.44. The Morgan fingerprint density at radius 1 is 1.12 bits per heavy atom. The minimum atomic E-state index is -4.44. The minimum absolute atomic E-state index is 0.0233. The van der Waals surface area contributed by atoms with Gasteiger partial charge in [0.05, 0.1) is 16.8 Å². The molecule has 0 unspecified atom stereocenters. The van der Waals surface area contributed by atoms with Crippen molar-refractivity contribution < 1.29 is 27.9 Å². The van der Waals surface area contributed by atoms with Crippen LogP contribution >= 0.6 is 11.6 Å². The molecule has 0 aromatic heterocycles. The number of anilines is 1. The van der Waals surface area contributed by atoms with Gasteiger partial charge in [-0.05, 0) is 48.9 Å². The number of halogens is 4. The smallest absolute Gasteiger partial charge is 0.416 e. The first-order chi connectivity index (χ1) is 12.1. The molecule has 0 aliphatic carbocycles. The molecule has 0 fully saturated rings. The van der Waals surface area contributed by atoms with Crippen molar-refractivity contribution >= 4 is 35.2 Å². The SMILES string of the molecule is C/C(=C\c1ccc(C(F)(F)F)cc1)C(=O)Nc1cc(Cl)ccc1C(=O)O. The number of hydrogen-bond donors (Lipinski definition) is 2. The van der Waals surface area contributed by atoms with Crippen molar-refractivity contribution in [3.8, 4) is 0 Å². The zero-order chi connectivity index (χ0) is 19.5. The molecule has 0 saturated carbocycles. The van der Waals surface area contributed by atoms with Gasteiger partial charge in [-0.15, -0.1) is 0 Å². The first-order valence-corrected chi connectivity index (χ1v) is 7.65. The number of rotatable bonds is 4. The van der Waals surface area contributed by atoms with Gasteiger partial charge >= 0.3 is 12.1 Å². The zero-order valence-electron chi connectivity index (χ0n) is 13.4. The van der Waals surface area contributed by atoms with E-state index < -0.39 is 23.6 Å². The second-order valence-corrected chi connectivity index (χ2v) is 5.83. The van der Waals surface area contributed by atoms with Crippen LogP contribution in [0.4, 0.5) is 18.9 Å². The summed E-state index contributed by atoms with van der Waals surface area (Å²) in [5.74, 6) is -1.84. The number of hydrogen-bond acceptors (Lipinski definition) is 2. The van der Waals surface area contributed by atoms with Gasteiger partial charge in [0.2, 0.25) is 0 Å². The molecule has 136 valence electrons. The lowest BCUT2D eigenvalue weighted by Gasteiger charge is -2.10. The van der Waals surface area contributed by atoms with Gasteiger partial charge < -0.3 is 10.4 Å². The number of carbonyl (C=O) groups excluding carboxylic acids is 1. The Hall–Kier alpha value is -2.80. The summed E-state index contributed by atoms with van der Waals surface area (Å²) in [7, 11) is 0. The quantitative estimate of drug-likeness (QED) is 0.722. The lowest BCUT2D eigenvalue weighted by atomic mass is 10.1. The molecule has 2 rings (SSSR count). The Morgan fingerprint density at radius 3 is 2.27 bits per heavy atom. The molecule has 0 bridgehead atoms. The van der Waals surface area contributed by atoms with E-state index in [0.29, 0.717) is 5.56 Å². The topological polar surface area (TPSA) is 66.4 Å². The number of aromatic carboxylic acids is 1. The van der Waals surface area contributed by atoms with E-state index in [9.17, 15) is 22.8 Å². The Morgan fingerprint density at radius 2 is 1.73 bits per heavy atom. The molecule has 2 aromatic carbocycles. The zero-order valence-corrected chi connectivity index (χ0v) is 14.2. The lowest BCUT2D eigenvalue weighted by molar-refractivity contribution is -0.137. The first-order valence-electron chi connectivity index (χ1n) is 7.27. The maximum Gasteiger partial charge on any atom is 0.416 e. The predicted molar refractivity (Wildman–Crippen MR) is 92.1 cm³/mol. The van der Waals surface area contributed by atoms with Crippen molar-refractivity contribution in [1.29, 1.82) is 0 Å². The van der Waals surface area contributed by atoms with Crippen LogP contribution in [-0.4, -0.2) is 17.0 Å². The number of nitrogens with one attached hydrogen (secondary N) is 1. The molecule has 2 N–H and O–H groups in total. The van der Waals surface area contributed by atoms with E-state index in [1.807, 2.05) is 0 Å². The molecular formula is C18H13ClF3NO3. The molecule has 0 atom stereocenters. The van der Waals surface area contributed by atoms with E-state index in [1.54, 1.807) is 0 Å². The van der Waals surface area contributed by atoms with Gasteiger partial charge in [0, 0.05) is 10.6 Å². The van der Waals surface area contributed by atoms with E-state index in [1.165, 1.54) is 43.3 Å². The molecule has 0 heterocycles. The van der Waals surface area contributed by atoms with E-state index in [2.05, 4.69) is 5.32 Å². The number of benzene rings is 2. The van der Waals surface area contributed by atoms with Gasteiger partial charge in [-0.2, -0.15) is 13.2 Å². The van der Waals surface area contributed by atoms with Crippen LogP contribution in [0.5, 0.6) is 0 Å². The summed E-state index contributed by atoms with van der Waals surface area (Å²) in [5, 5.41) is 11.8. The predicted octanol–water partition coefficient (Wildman–Crippen LogP) is 5.10. The Kier molecular flexibility index (Phi) is 5.72. The van der Waals surface area contributed by atoms with Gasteiger partial charge in [0.1, 0.15) is 0 Å². The van der Waals surface area contributed by atoms with E-state index in [0.717, 1.165) is 12.1 Å². The summed E-state index contributed by atoms with van der Waals surface area (Å²) in [6.07, 6.45) is -3.05. The molecule has 26 heavy (non-hydrogen) atoms. The van der Waals surface area contributed by atoms with Crippen LogP contribution in [0.25, 0.3) is 6.08 Å². The highest BCUT2D eigenvalue weighted by Gasteiger charge is 2.29. The summed E-state index contributed by atoms with van der Waals surface area (Å²) in [5.41, 5.74) is -0.321. The highest BCUT2D eigenvalue weighted by atomic mass is 35.5. The standard InChI is InChI=1S/C18H13ClF3NO3/c1-10(8-11-2-4-12(5-3-11)18(20,21)22)16(24)23-15-9-13(19)6-7-14(15)17(25)26/h2-9H,1H3,(H,23,24)(H,25,26)/b10-8+. The molecule has 0 aliphatic rings. The molecule has 1 amide bonds. The van der Waals surface area contributed by atoms with Crippen LogP contribution < -0.4 is 5.32 Å². The van der Waals surface area contributed by atoms with Crippen molar-refractivity contribution in [1.82, 2.24) is 0 Å². The van der Waals surface area contributed by atoms with E-state index in [4.69, 9.17) is 16.7 Å². The third-order valence-corrected chi connectivity index (χ3v) is 3.67. The van der Waals surface area contributed by atoms with E-state index in [-0.39, 0.29) is 21.8 Å². The van der Waals surface area contributed by atoms with Crippen molar-refractivity contribution in [2.24, 2.45) is 0 Å². The molecule has 4 nitrogen and oxygen atoms in total. The molecule has 2 aromatic rings. The minimum Gasteiger partial charge on any atom is -0.478 e. The Bertz CT molecular complexity index is 874. The molecule has 0 radical (unpaired) electrons. The highest BCUT2D eigenvalue weighted by Crippen LogP contribution is 2.29. The van der Waals surface area contributed by atoms with Gasteiger partial charge in [-0.3, -0.25) is 4.79 Å². The van der Waals surface area contributed by atoms with Crippen LogP contribution in [0.15, 0.2) is 48.0 Å². The number of carbonyl (C=O) groups is 2. The van der Waals surface area contributed by atoms with E-state index >= 15 is 0 Å². The number of amides is 1. The fourth-order valence-electron chi connectivity index (χ4n) is 2.11. The maximum atomic E-state index is 12.6. The lowest BCUT2D eigenvalue weighted by Crippen LogP contribution is -2.15. The highest BCUT2D eigenvalue weighted by molar-refractivity contribution is 6.31. The van der Waals surface area contributed by atoms with Gasteiger partial charge in [-0.1, -0.05) is 23.7 Å². The van der Waals surface area contributed by atoms with Crippen LogP contribution in [0.1, 0.15) is 28.4 Å². The second kappa shape index (κ2) is 7.61. The van der Waals surface area contributed by atoms with Gasteiger partial charge in [-0.25, -0.2) is 4.79 Å². The average molecular weight is 384 g/mol. The van der Waals surface area contributed by atoms with Crippen LogP contribution in [0.3, 0.4) is 0 Å². The molecule has 8 heteroatoms. The molecule has 0 saturated heterocycles. The summed E-state index contributed by atoms with van der Waals surface area (Å²) in [6.45, 7) is 1.46. The Balaban J connectivity index is 2.21. The third kappa shape index (κ3) is 4.86. The van der Waals surface area contributed by atoms with Crippen molar-refractivity contribution in [3.63, 3.8) is 0 Å². The van der Waals surface area contributed by atoms with Crippen LogP contribution in [0, 0.1) is 0 Å². The summed E-state index contributed by atoms with van der Waals surface area (Å²) < 4.78 is 37.7. The van der Waals surface area contributed by atoms with Crippen LogP contribution in [-0.2, 0) is 11.0 Å². The summed E-state index contributed by atoms with van der Waals surface area (Å²) in [4.78, 5) is 23.4. The van der Waals surface area contributed by atoms with Gasteiger partial charge in [0.15, 0.2) is 0 Å². The maximum absolute atomic E-state index is 12.6. The monoisotopic (exact) mass is 383 g/mol. The summed E-state index contributed by atoms with van der Waals surface area (Å²) in [6, 6.07) is 8.24. The fraction of sp³-hybridized carbons (Fsp3) is 0.111. The second-order valence-electron chi connectivity index (χ2n) is 5.40. The van der Waals surface area contributed by atoms with Crippen LogP contribution in [0.2, 0.25) is 5.02 Å². The molecule has 0 spiro atoms. The summed E-state index contributed by atoms with van der Waals surface area (Å²) >= 11 is 5.82. The van der Waals surface area contributed by atoms with Crippen molar-refractivity contribution in [3.05, 3.63) is 69.8 Å². The van der Waals surface area contributed by atoms with Crippen molar-refractivity contribution in [2.45, 2.75) is 13.1 Å². The first kappa shape index (κ1) is 19.5. The van der Waals surface area contributed by atoms with Gasteiger partial charge in [0.25, 0.3) is 5.91 Å². The molecular weight excluding hydrogens is 371 g/mol. The fourth-order valence-corrected chi connectivity index (χ4v) is 2.28. The Labute approximate surface area is 151 Å². The number of carboxylic acid groups (broad SMARTS) is 1. The largest absolute Gasteiger partial charge is 0.478 e. The number of alkyl halides is 3. The average Bonchev–Trinajstić information content (AvgIpc) is 2.54.